The van der Waals surface area contributed by atoms with E-state index >= 15 is 0 Å². The van der Waals surface area contributed by atoms with Crippen LogP contribution in [0.1, 0.15) is 13.3 Å². The fraction of sp³-hybridized carbons (Fsp3) is 0.278. The summed E-state index contributed by atoms with van der Waals surface area (Å²) in [5.41, 5.74) is -0.284. The third-order valence-corrected chi connectivity index (χ3v) is 5.24. The smallest absolute Gasteiger partial charge is 0.303 e. The van der Waals surface area contributed by atoms with Crippen LogP contribution in [0.5, 0.6) is 0 Å². The molecule has 7 heteroatoms. The summed E-state index contributed by atoms with van der Waals surface area (Å²) in [6, 6.07) is 3.94. The van der Waals surface area contributed by atoms with Crippen molar-refractivity contribution in [1.29, 1.82) is 0 Å². The number of amides is 3. The molecular formula is C18H16Cl2FN2O2. The lowest BCUT2D eigenvalue weighted by atomic mass is 9.86. The van der Waals surface area contributed by atoms with Gasteiger partial charge in [-0.1, -0.05) is 41.4 Å². The van der Waals surface area contributed by atoms with E-state index in [1.54, 1.807) is 19.1 Å². The van der Waals surface area contributed by atoms with Gasteiger partial charge in [-0.05, 0) is 43.5 Å². The lowest BCUT2D eigenvalue weighted by Crippen LogP contribution is -2.49. The van der Waals surface area contributed by atoms with E-state index in [0.717, 1.165) is 4.90 Å². The van der Waals surface area contributed by atoms with Crippen molar-refractivity contribution in [3.05, 3.63) is 58.5 Å². The Hall–Kier alpha value is -1.85. The van der Waals surface area contributed by atoms with Gasteiger partial charge in [-0.15, -0.1) is 0 Å². The summed E-state index contributed by atoms with van der Waals surface area (Å²) in [6.07, 6.45) is 8.06. The maximum atomic E-state index is 13.2. The van der Waals surface area contributed by atoms with E-state index in [-0.39, 0.29) is 11.6 Å². The number of hydrogen-bond acceptors (Lipinski definition) is 2. The lowest BCUT2D eigenvalue weighted by molar-refractivity contribution is -0.122. The van der Waals surface area contributed by atoms with Crippen molar-refractivity contribution in [3.63, 3.8) is 0 Å². The Morgan fingerprint density at radius 2 is 2.00 bits per heavy atom. The fourth-order valence-electron chi connectivity index (χ4n) is 3.14. The van der Waals surface area contributed by atoms with E-state index in [0.29, 0.717) is 22.7 Å². The molecule has 1 radical (unpaired) electrons. The van der Waals surface area contributed by atoms with Gasteiger partial charge in [-0.25, -0.2) is 14.1 Å². The number of urea groups is 1. The lowest BCUT2D eigenvalue weighted by Gasteiger charge is -2.33. The molecule has 1 heterocycles. The minimum Gasteiger partial charge on any atom is -0.303 e. The average Bonchev–Trinajstić information content (AvgIpc) is 2.80. The molecule has 1 unspecified atom stereocenters. The molecule has 0 saturated carbocycles. The zero-order valence-corrected chi connectivity index (χ0v) is 15.0. The predicted molar refractivity (Wildman–Crippen MR) is 96.6 cm³/mol. The number of rotatable bonds is 4. The molecule has 3 amide bonds. The van der Waals surface area contributed by atoms with E-state index in [1.165, 1.54) is 17.0 Å². The number of anilines is 1. The molecular weight excluding hydrogens is 366 g/mol. The van der Waals surface area contributed by atoms with Gasteiger partial charge in [-0.3, -0.25) is 4.79 Å². The van der Waals surface area contributed by atoms with Crippen LogP contribution in [0, 0.1) is 6.42 Å². The minimum absolute atomic E-state index is 0.173. The van der Waals surface area contributed by atoms with Crippen molar-refractivity contribution in [2.75, 3.05) is 18.1 Å². The van der Waals surface area contributed by atoms with E-state index < -0.39 is 24.2 Å². The van der Waals surface area contributed by atoms with Gasteiger partial charge in [0.1, 0.15) is 12.2 Å². The first-order valence-corrected chi connectivity index (χ1v) is 8.54. The Morgan fingerprint density at radius 1 is 1.24 bits per heavy atom. The summed E-state index contributed by atoms with van der Waals surface area (Å²) in [7, 11) is 0. The van der Waals surface area contributed by atoms with Crippen LogP contribution in [-0.4, -0.2) is 35.6 Å². The summed E-state index contributed by atoms with van der Waals surface area (Å²) in [5, 5.41) is 0.554. The second-order valence-electron chi connectivity index (χ2n) is 5.92. The first-order chi connectivity index (χ1) is 11.9. The van der Waals surface area contributed by atoms with Crippen LogP contribution in [0.3, 0.4) is 0 Å². The second-order valence-corrected chi connectivity index (χ2v) is 6.74. The van der Waals surface area contributed by atoms with Gasteiger partial charge in [0.05, 0.1) is 22.3 Å². The third-order valence-electron chi connectivity index (χ3n) is 4.50. The molecule has 25 heavy (non-hydrogen) atoms. The zero-order chi connectivity index (χ0) is 18.2. The van der Waals surface area contributed by atoms with Gasteiger partial charge in [-0.2, -0.15) is 0 Å². The van der Waals surface area contributed by atoms with Crippen LogP contribution in [0.25, 0.3) is 0 Å². The topological polar surface area (TPSA) is 40.6 Å². The number of halogens is 3. The number of benzene rings is 1. The van der Waals surface area contributed by atoms with Gasteiger partial charge in [0, 0.05) is 0 Å². The average molecular weight is 382 g/mol. The standard InChI is InChI=1S/C18H16Cl2FN2O2/c1-18(12-5-3-2-4-6-12)16(24)23(17(25)22(18)10-9-21)13-7-8-14(19)15(20)11-13/h2-3,5-8,11H,4,9-10H2,1H3. The molecule has 131 valence electrons. The van der Waals surface area contributed by atoms with Crippen molar-refractivity contribution >= 4 is 40.8 Å². The number of alkyl halides is 1. The Kier molecular flexibility index (Phi) is 4.89. The molecule has 2 aliphatic rings. The highest BCUT2D eigenvalue weighted by Gasteiger charge is 2.56. The van der Waals surface area contributed by atoms with Crippen molar-refractivity contribution in [2.45, 2.75) is 18.9 Å². The van der Waals surface area contributed by atoms with Gasteiger partial charge >= 0.3 is 6.03 Å². The molecule has 1 aromatic rings. The van der Waals surface area contributed by atoms with Gasteiger partial charge in [0.2, 0.25) is 0 Å². The normalized spacial score (nSPS) is 23.4. The Bertz CT molecular complexity index is 793. The monoisotopic (exact) mass is 381 g/mol. The third kappa shape index (κ3) is 2.85. The molecule has 0 bridgehead atoms. The SMILES string of the molecule is CC1(C2=CC[CH]C=C2)C(=O)N(c2ccc(Cl)c(Cl)c2)C(=O)N1CCF. The molecule has 1 saturated heterocycles. The second kappa shape index (κ2) is 6.81. The number of carbonyl (C=O) groups excluding carboxylic acids is 2. The summed E-state index contributed by atoms with van der Waals surface area (Å²) >= 11 is 11.9. The maximum Gasteiger partial charge on any atom is 0.332 e. The maximum absolute atomic E-state index is 13.2. The van der Waals surface area contributed by atoms with Crippen molar-refractivity contribution in [2.24, 2.45) is 0 Å². The van der Waals surface area contributed by atoms with Crippen molar-refractivity contribution in [1.82, 2.24) is 4.90 Å². The first kappa shape index (κ1) is 18.0. The fourth-order valence-corrected chi connectivity index (χ4v) is 3.43. The number of imide groups is 1. The van der Waals surface area contributed by atoms with E-state index in [1.807, 2.05) is 18.6 Å². The highest BCUT2D eigenvalue weighted by atomic mass is 35.5. The molecule has 0 aromatic heterocycles. The van der Waals surface area contributed by atoms with Crippen molar-refractivity contribution < 1.29 is 14.0 Å². The quantitative estimate of drug-likeness (QED) is 0.716. The van der Waals surface area contributed by atoms with Crippen LogP contribution in [0.15, 0.2) is 42.0 Å². The van der Waals surface area contributed by atoms with Crippen LogP contribution in [0.4, 0.5) is 14.9 Å². The Labute approximate surface area is 155 Å². The first-order valence-electron chi connectivity index (χ1n) is 7.79. The molecule has 1 aromatic carbocycles. The number of allylic oxidation sites excluding steroid dienone is 2. The van der Waals surface area contributed by atoms with Gasteiger partial charge in [0.25, 0.3) is 5.91 Å². The van der Waals surface area contributed by atoms with Crippen LogP contribution < -0.4 is 4.90 Å². The minimum atomic E-state index is -1.26. The summed E-state index contributed by atoms with van der Waals surface area (Å²) in [6.45, 7) is 0.725. The number of hydrogen-bond donors (Lipinski definition) is 0. The van der Waals surface area contributed by atoms with Crippen LogP contribution in [0.2, 0.25) is 10.0 Å². The van der Waals surface area contributed by atoms with Crippen molar-refractivity contribution in [3.8, 4) is 0 Å². The Morgan fingerprint density at radius 3 is 2.60 bits per heavy atom. The van der Waals surface area contributed by atoms with E-state index in [2.05, 4.69) is 0 Å². The largest absolute Gasteiger partial charge is 0.332 e. The summed E-state index contributed by atoms with van der Waals surface area (Å²) < 4.78 is 13.1. The Balaban J connectivity index is 2.09. The summed E-state index contributed by atoms with van der Waals surface area (Å²) in [4.78, 5) is 28.4. The molecule has 4 nitrogen and oxygen atoms in total. The molecule has 1 aliphatic heterocycles. The summed E-state index contributed by atoms with van der Waals surface area (Å²) in [5.74, 6) is -0.442. The van der Waals surface area contributed by atoms with Crippen LogP contribution >= 0.6 is 23.2 Å². The van der Waals surface area contributed by atoms with Gasteiger partial charge < -0.3 is 4.90 Å². The highest BCUT2D eigenvalue weighted by molar-refractivity contribution is 6.42. The number of nitrogens with zero attached hydrogens (tertiary/aromatic N) is 2. The van der Waals surface area contributed by atoms with Crippen LogP contribution in [-0.2, 0) is 4.79 Å². The van der Waals surface area contributed by atoms with E-state index in [4.69, 9.17) is 23.2 Å². The number of carbonyl (C=O) groups is 2. The molecule has 1 aliphatic carbocycles. The predicted octanol–water partition coefficient (Wildman–Crippen LogP) is 4.58. The molecule has 3 rings (SSSR count). The molecule has 0 N–H and O–H groups in total. The highest BCUT2D eigenvalue weighted by Crippen LogP contribution is 2.39. The molecule has 1 fully saturated rings. The molecule has 0 spiro atoms. The molecule has 1 atom stereocenters. The zero-order valence-electron chi connectivity index (χ0n) is 13.5. The van der Waals surface area contributed by atoms with Gasteiger partial charge in [0.15, 0.2) is 0 Å². The van der Waals surface area contributed by atoms with E-state index in [9.17, 15) is 14.0 Å².